The van der Waals surface area contributed by atoms with Gasteiger partial charge in [0, 0.05) is 5.56 Å². The quantitative estimate of drug-likeness (QED) is 0.480. The third-order valence-electron chi connectivity index (χ3n) is 4.95. The van der Waals surface area contributed by atoms with Gasteiger partial charge in [0.15, 0.2) is 0 Å². The molecule has 0 saturated heterocycles. The van der Waals surface area contributed by atoms with E-state index in [0.29, 0.717) is 17.4 Å². The largest absolute Gasteiger partial charge is 0.490 e. The van der Waals surface area contributed by atoms with Crippen molar-refractivity contribution >= 4 is 12.2 Å². The molecule has 7 nitrogen and oxygen atoms in total. The first-order valence-electron chi connectivity index (χ1n) is 9.88. The van der Waals surface area contributed by atoms with Crippen molar-refractivity contribution in [3.05, 3.63) is 76.1 Å². The standard InChI is InChI=1S/C23H21N5O2/c24-14-20-21(17-6-2-1-3-7-17)26-23(27-22(20)29)28-25-15-16-10-12-19(13-11-16)30-18-8-4-5-9-18/h1-3,6-7,10-13,15,18H,4-5,8-9H2,(H2,26,27,28,29). The third-order valence-corrected chi connectivity index (χ3v) is 4.95. The molecule has 30 heavy (non-hydrogen) atoms. The van der Waals surface area contributed by atoms with Gasteiger partial charge in [0.25, 0.3) is 5.56 Å². The number of nitrogens with zero attached hydrogens (tertiary/aromatic N) is 3. The van der Waals surface area contributed by atoms with Crippen LogP contribution in [0.2, 0.25) is 0 Å². The molecule has 4 rings (SSSR count). The Morgan fingerprint density at radius 3 is 2.57 bits per heavy atom. The van der Waals surface area contributed by atoms with E-state index in [4.69, 9.17) is 4.74 Å². The number of aromatic amines is 1. The van der Waals surface area contributed by atoms with Crippen molar-refractivity contribution in [2.75, 3.05) is 5.43 Å². The number of aromatic nitrogens is 2. The Morgan fingerprint density at radius 1 is 1.13 bits per heavy atom. The van der Waals surface area contributed by atoms with Gasteiger partial charge in [-0.3, -0.25) is 9.78 Å². The molecule has 0 radical (unpaired) electrons. The summed E-state index contributed by atoms with van der Waals surface area (Å²) >= 11 is 0. The number of anilines is 1. The van der Waals surface area contributed by atoms with Crippen LogP contribution in [0.3, 0.4) is 0 Å². The maximum Gasteiger partial charge on any atom is 0.270 e. The van der Waals surface area contributed by atoms with Gasteiger partial charge in [0.05, 0.1) is 18.0 Å². The van der Waals surface area contributed by atoms with Gasteiger partial charge in [-0.1, -0.05) is 30.3 Å². The number of hydrogen-bond acceptors (Lipinski definition) is 6. The molecule has 0 spiro atoms. The predicted molar refractivity (Wildman–Crippen MR) is 116 cm³/mol. The molecule has 7 heteroatoms. The third kappa shape index (κ3) is 4.55. The summed E-state index contributed by atoms with van der Waals surface area (Å²) in [6.07, 6.45) is 6.66. The normalized spacial score (nSPS) is 14.0. The van der Waals surface area contributed by atoms with Crippen molar-refractivity contribution in [1.29, 1.82) is 5.26 Å². The Hall–Kier alpha value is -3.92. The zero-order valence-corrected chi connectivity index (χ0v) is 16.3. The van der Waals surface area contributed by atoms with Crippen LogP contribution in [0.1, 0.15) is 36.8 Å². The molecule has 0 atom stereocenters. The van der Waals surface area contributed by atoms with E-state index in [1.165, 1.54) is 12.8 Å². The highest BCUT2D eigenvalue weighted by atomic mass is 16.5. The summed E-state index contributed by atoms with van der Waals surface area (Å²) in [6, 6.07) is 18.7. The van der Waals surface area contributed by atoms with Crippen LogP contribution in [0.4, 0.5) is 5.95 Å². The van der Waals surface area contributed by atoms with E-state index >= 15 is 0 Å². The van der Waals surface area contributed by atoms with E-state index in [0.717, 1.165) is 24.2 Å². The number of H-pyrrole nitrogens is 1. The molecule has 1 aliphatic carbocycles. The minimum absolute atomic E-state index is 0.0337. The van der Waals surface area contributed by atoms with E-state index in [2.05, 4.69) is 20.5 Å². The SMILES string of the molecule is N#Cc1c(-c2ccccc2)nc(NN=Cc2ccc(OC3CCCC3)cc2)[nH]c1=O. The maximum absolute atomic E-state index is 12.3. The molecule has 2 aromatic carbocycles. The van der Waals surface area contributed by atoms with E-state index in [9.17, 15) is 10.1 Å². The molecule has 0 unspecified atom stereocenters. The molecular weight excluding hydrogens is 378 g/mol. The summed E-state index contributed by atoms with van der Waals surface area (Å²) < 4.78 is 5.96. The van der Waals surface area contributed by atoms with Gasteiger partial charge in [0.2, 0.25) is 5.95 Å². The monoisotopic (exact) mass is 399 g/mol. The van der Waals surface area contributed by atoms with Crippen molar-refractivity contribution in [2.45, 2.75) is 31.8 Å². The molecule has 0 aliphatic heterocycles. The summed E-state index contributed by atoms with van der Waals surface area (Å²) in [6.45, 7) is 0. The topological polar surface area (TPSA) is 103 Å². The Bertz CT molecular complexity index is 1120. The lowest BCUT2D eigenvalue weighted by Crippen LogP contribution is -2.16. The van der Waals surface area contributed by atoms with Crippen LogP contribution in [0.25, 0.3) is 11.3 Å². The number of hydrazone groups is 1. The highest BCUT2D eigenvalue weighted by molar-refractivity contribution is 5.80. The van der Waals surface area contributed by atoms with E-state index in [-0.39, 0.29) is 11.5 Å². The molecule has 150 valence electrons. The van der Waals surface area contributed by atoms with Crippen LogP contribution in [-0.2, 0) is 0 Å². The number of benzene rings is 2. The number of rotatable bonds is 6. The van der Waals surface area contributed by atoms with Crippen LogP contribution in [0.5, 0.6) is 5.75 Å². The van der Waals surface area contributed by atoms with Crippen LogP contribution >= 0.6 is 0 Å². The Kier molecular flexibility index (Phi) is 5.85. The first-order valence-corrected chi connectivity index (χ1v) is 9.88. The highest BCUT2D eigenvalue weighted by Gasteiger charge is 2.16. The molecule has 0 bridgehead atoms. The van der Waals surface area contributed by atoms with Crippen LogP contribution in [0, 0.1) is 11.3 Å². The summed E-state index contributed by atoms with van der Waals surface area (Å²) in [5.74, 6) is 1.02. The average molecular weight is 399 g/mol. The Balaban J connectivity index is 1.47. The fraction of sp³-hybridized carbons (Fsp3) is 0.217. The highest BCUT2D eigenvalue weighted by Crippen LogP contribution is 2.24. The van der Waals surface area contributed by atoms with Gasteiger partial charge in [0.1, 0.15) is 17.4 Å². The summed E-state index contributed by atoms with van der Waals surface area (Å²) in [5.41, 5.74) is 4.05. The lowest BCUT2D eigenvalue weighted by atomic mass is 10.1. The van der Waals surface area contributed by atoms with Crippen molar-refractivity contribution < 1.29 is 4.74 Å². The molecule has 1 aliphatic rings. The smallest absolute Gasteiger partial charge is 0.270 e. The zero-order chi connectivity index (χ0) is 20.8. The van der Waals surface area contributed by atoms with Gasteiger partial charge in [-0.05, 0) is 55.5 Å². The maximum atomic E-state index is 12.3. The van der Waals surface area contributed by atoms with Crippen molar-refractivity contribution in [3.63, 3.8) is 0 Å². The van der Waals surface area contributed by atoms with Crippen LogP contribution in [-0.4, -0.2) is 22.3 Å². The van der Waals surface area contributed by atoms with Crippen molar-refractivity contribution in [2.24, 2.45) is 5.10 Å². The molecule has 1 fully saturated rings. The van der Waals surface area contributed by atoms with Crippen LogP contribution in [0.15, 0.2) is 64.5 Å². The van der Waals surface area contributed by atoms with Gasteiger partial charge in [-0.2, -0.15) is 10.4 Å². The van der Waals surface area contributed by atoms with Gasteiger partial charge < -0.3 is 4.74 Å². The van der Waals surface area contributed by atoms with E-state index in [1.54, 1.807) is 18.3 Å². The summed E-state index contributed by atoms with van der Waals surface area (Å²) in [7, 11) is 0. The number of nitriles is 1. The lowest BCUT2D eigenvalue weighted by Gasteiger charge is -2.12. The minimum atomic E-state index is -0.516. The fourth-order valence-corrected chi connectivity index (χ4v) is 3.43. The molecule has 2 N–H and O–H groups in total. The second-order valence-electron chi connectivity index (χ2n) is 7.08. The van der Waals surface area contributed by atoms with E-state index in [1.807, 2.05) is 48.5 Å². The number of ether oxygens (including phenoxy) is 1. The Labute approximate surface area is 174 Å². The molecule has 1 saturated carbocycles. The second kappa shape index (κ2) is 9.05. The number of hydrogen-bond donors (Lipinski definition) is 2. The number of nitrogens with one attached hydrogen (secondary N) is 2. The summed E-state index contributed by atoms with van der Waals surface area (Å²) in [4.78, 5) is 19.1. The predicted octanol–water partition coefficient (Wildman–Crippen LogP) is 4.08. The fourth-order valence-electron chi connectivity index (χ4n) is 3.43. The minimum Gasteiger partial charge on any atom is -0.490 e. The lowest BCUT2D eigenvalue weighted by molar-refractivity contribution is 0.210. The first-order chi connectivity index (χ1) is 14.7. The van der Waals surface area contributed by atoms with Crippen molar-refractivity contribution in [1.82, 2.24) is 9.97 Å². The van der Waals surface area contributed by atoms with Gasteiger partial charge in [-0.25, -0.2) is 10.4 Å². The molecule has 3 aromatic rings. The first kappa shape index (κ1) is 19.4. The van der Waals surface area contributed by atoms with Gasteiger partial charge in [-0.15, -0.1) is 0 Å². The van der Waals surface area contributed by atoms with Gasteiger partial charge >= 0.3 is 0 Å². The summed E-state index contributed by atoms with van der Waals surface area (Å²) in [5, 5.41) is 13.5. The molecular formula is C23H21N5O2. The second-order valence-corrected chi connectivity index (χ2v) is 7.08. The zero-order valence-electron chi connectivity index (χ0n) is 16.3. The average Bonchev–Trinajstić information content (AvgIpc) is 3.28. The van der Waals surface area contributed by atoms with E-state index < -0.39 is 5.56 Å². The Morgan fingerprint density at radius 2 is 1.87 bits per heavy atom. The van der Waals surface area contributed by atoms with Crippen LogP contribution < -0.4 is 15.7 Å². The molecule has 0 amide bonds. The molecule has 1 aromatic heterocycles. The van der Waals surface area contributed by atoms with Crippen molar-refractivity contribution in [3.8, 4) is 23.1 Å². The molecule has 1 heterocycles.